The molecule has 80 valence electrons. The molecule has 0 unspecified atom stereocenters. The SMILES string of the molecule is CCN(/C=c1\sc2ncnn2c1=O)CC. The monoisotopic (exact) mass is 224 g/mol. The lowest BCUT2D eigenvalue weighted by molar-refractivity contribution is 0.458. The number of aromatic nitrogens is 3. The molecule has 15 heavy (non-hydrogen) atoms. The maximum atomic E-state index is 11.8. The molecule has 5 nitrogen and oxygen atoms in total. The third kappa shape index (κ3) is 1.72. The van der Waals surface area contributed by atoms with Crippen LogP contribution < -0.4 is 10.1 Å². The second kappa shape index (κ2) is 3.98. The second-order valence-electron chi connectivity index (χ2n) is 3.08. The summed E-state index contributed by atoms with van der Waals surface area (Å²) in [5.74, 6) is 0. The van der Waals surface area contributed by atoms with Crippen molar-refractivity contribution < 1.29 is 0 Å². The van der Waals surface area contributed by atoms with E-state index < -0.39 is 0 Å². The van der Waals surface area contributed by atoms with Crippen LogP contribution in [0.3, 0.4) is 0 Å². The summed E-state index contributed by atoms with van der Waals surface area (Å²) in [6.45, 7) is 5.90. The Morgan fingerprint density at radius 1 is 1.53 bits per heavy atom. The van der Waals surface area contributed by atoms with Gasteiger partial charge in [-0.05, 0) is 13.8 Å². The van der Waals surface area contributed by atoms with Crippen LogP contribution in [0.2, 0.25) is 0 Å². The van der Waals surface area contributed by atoms with E-state index in [-0.39, 0.29) is 5.56 Å². The summed E-state index contributed by atoms with van der Waals surface area (Å²) >= 11 is 1.37. The normalized spacial score (nSPS) is 12.5. The largest absolute Gasteiger partial charge is 0.377 e. The highest BCUT2D eigenvalue weighted by Gasteiger charge is 2.05. The van der Waals surface area contributed by atoms with Crippen molar-refractivity contribution in [1.82, 2.24) is 19.5 Å². The van der Waals surface area contributed by atoms with Gasteiger partial charge in [0.2, 0.25) is 4.96 Å². The quantitative estimate of drug-likeness (QED) is 0.733. The van der Waals surface area contributed by atoms with Crippen LogP contribution in [0.4, 0.5) is 0 Å². The fraction of sp³-hybridized carbons (Fsp3) is 0.444. The Kier molecular flexibility index (Phi) is 2.68. The lowest BCUT2D eigenvalue weighted by atomic mass is 10.5. The summed E-state index contributed by atoms with van der Waals surface area (Å²) in [5.41, 5.74) is -0.0839. The Labute approximate surface area is 90.7 Å². The predicted octanol–water partition coefficient (Wildman–Crippen LogP) is -0.0503. The lowest BCUT2D eigenvalue weighted by Gasteiger charge is -2.13. The highest BCUT2D eigenvalue weighted by molar-refractivity contribution is 7.14. The van der Waals surface area contributed by atoms with Gasteiger partial charge in [0.05, 0.1) is 0 Å². The first-order valence-corrected chi connectivity index (χ1v) is 5.66. The minimum Gasteiger partial charge on any atom is -0.377 e. The molecular weight excluding hydrogens is 212 g/mol. The predicted molar refractivity (Wildman–Crippen MR) is 59.7 cm³/mol. The molecule has 0 N–H and O–H groups in total. The molecule has 0 aliphatic carbocycles. The van der Waals surface area contributed by atoms with Crippen LogP contribution >= 0.6 is 11.3 Å². The summed E-state index contributed by atoms with van der Waals surface area (Å²) in [4.78, 5) is 18.5. The van der Waals surface area contributed by atoms with Gasteiger partial charge in [0.1, 0.15) is 10.9 Å². The van der Waals surface area contributed by atoms with Gasteiger partial charge in [0.25, 0.3) is 5.56 Å². The molecule has 6 heteroatoms. The smallest absolute Gasteiger partial charge is 0.292 e. The number of thiazole rings is 1. The van der Waals surface area contributed by atoms with E-state index in [1.807, 2.05) is 6.20 Å². The van der Waals surface area contributed by atoms with E-state index in [1.165, 1.54) is 22.2 Å². The standard InChI is InChI=1S/C9H12N4OS/c1-3-12(4-2)5-7-8(14)13-9(15-7)10-6-11-13/h5-6H,3-4H2,1-2H3/b7-5-. The van der Waals surface area contributed by atoms with Crippen molar-refractivity contribution in [1.29, 1.82) is 0 Å². The molecule has 0 spiro atoms. The Morgan fingerprint density at radius 3 is 2.87 bits per heavy atom. The zero-order valence-electron chi connectivity index (χ0n) is 8.67. The molecule has 0 bridgehead atoms. The number of hydrogen-bond acceptors (Lipinski definition) is 5. The van der Waals surface area contributed by atoms with Crippen molar-refractivity contribution in [2.24, 2.45) is 0 Å². The third-order valence-electron chi connectivity index (χ3n) is 2.23. The average Bonchev–Trinajstić information content (AvgIpc) is 2.80. The van der Waals surface area contributed by atoms with Crippen molar-refractivity contribution in [2.45, 2.75) is 13.8 Å². The van der Waals surface area contributed by atoms with Gasteiger partial charge in [0.15, 0.2) is 0 Å². The van der Waals surface area contributed by atoms with Gasteiger partial charge < -0.3 is 4.90 Å². The van der Waals surface area contributed by atoms with Gasteiger partial charge in [-0.25, -0.2) is 4.98 Å². The van der Waals surface area contributed by atoms with Crippen LogP contribution in [0.5, 0.6) is 0 Å². The summed E-state index contributed by atoms with van der Waals surface area (Å²) in [7, 11) is 0. The zero-order valence-corrected chi connectivity index (χ0v) is 9.49. The maximum absolute atomic E-state index is 11.8. The number of hydrogen-bond donors (Lipinski definition) is 0. The van der Waals surface area contributed by atoms with Gasteiger partial charge in [-0.2, -0.15) is 9.61 Å². The fourth-order valence-electron chi connectivity index (χ4n) is 1.34. The number of nitrogens with zero attached hydrogens (tertiary/aromatic N) is 4. The van der Waals surface area contributed by atoms with Crippen molar-refractivity contribution in [3.8, 4) is 0 Å². The maximum Gasteiger partial charge on any atom is 0.292 e. The Bertz CT molecular complexity index is 554. The summed E-state index contributed by atoms with van der Waals surface area (Å²) in [6.07, 6.45) is 3.28. The lowest BCUT2D eigenvalue weighted by Crippen LogP contribution is -2.28. The molecule has 0 saturated carbocycles. The van der Waals surface area contributed by atoms with E-state index in [2.05, 4.69) is 28.8 Å². The van der Waals surface area contributed by atoms with Gasteiger partial charge >= 0.3 is 0 Å². The third-order valence-corrected chi connectivity index (χ3v) is 3.19. The van der Waals surface area contributed by atoms with Crippen molar-refractivity contribution >= 4 is 22.5 Å². The zero-order chi connectivity index (χ0) is 10.8. The van der Waals surface area contributed by atoms with E-state index in [0.717, 1.165) is 13.1 Å². The van der Waals surface area contributed by atoms with Crippen molar-refractivity contribution in [2.75, 3.05) is 13.1 Å². The van der Waals surface area contributed by atoms with Crippen molar-refractivity contribution in [3.05, 3.63) is 21.2 Å². The molecule has 0 atom stereocenters. The molecule has 0 aliphatic heterocycles. The van der Waals surface area contributed by atoms with Gasteiger partial charge in [-0.15, -0.1) is 0 Å². The first-order chi connectivity index (χ1) is 7.26. The van der Waals surface area contributed by atoms with E-state index in [4.69, 9.17) is 0 Å². The van der Waals surface area contributed by atoms with Gasteiger partial charge in [0, 0.05) is 19.3 Å². The topological polar surface area (TPSA) is 50.5 Å². The van der Waals surface area contributed by atoms with Crippen LogP contribution in [0, 0.1) is 0 Å². The first-order valence-electron chi connectivity index (χ1n) is 4.84. The van der Waals surface area contributed by atoms with Crippen LogP contribution in [-0.4, -0.2) is 32.6 Å². The Balaban J connectivity index is 2.56. The molecule has 2 heterocycles. The van der Waals surface area contributed by atoms with Crippen LogP contribution in [0.1, 0.15) is 13.8 Å². The van der Waals surface area contributed by atoms with E-state index >= 15 is 0 Å². The summed E-state index contributed by atoms with van der Waals surface area (Å²) < 4.78 is 2.02. The molecule has 0 aromatic carbocycles. The number of fused-ring (bicyclic) bond motifs is 1. The Morgan fingerprint density at radius 2 is 2.27 bits per heavy atom. The van der Waals surface area contributed by atoms with Gasteiger partial charge in [-0.3, -0.25) is 4.79 Å². The van der Waals surface area contributed by atoms with Crippen LogP contribution in [0.25, 0.3) is 11.2 Å². The second-order valence-corrected chi connectivity index (χ2v) is 4.09. The minimum absolute atomic E-state index is 0.0839. The van der Waals surface area contributed by atoms with Gasteiger partial charge in [-0.1, -0.05) is 11.3 Å². The highest BCUT2D eigenvalue weighted by Crippen LogP contribution is 1.97. The average molecular weight is 224 g/mol. The van der Waals surface area contributed by atoms with Crippen molar-refractivity contribution in [3.63, 3.8) is 0 Å². The van der Waals surface area contributed by atoms with Crippen LogP contribution in [0.15, 0.2) is 11.1 Å². The molecule has 0 amide bonds. The molecule has 0 fully saturated rings. The van der Waals surface area contributed by atoms with Crippen LogP contribution in [-0.2, 0) is 0 Å². The number of rotatable bonds is 3. The molecule has 0 radical (unpaired) electrons. The molecular formula is C9H12N4OS. The first kappa shape index (κ1) is 10.1. The van der Waals surface area contributed by atoms with E-state index in [1.54, 1.807) is 0 Å². The summed E-state index contributed by atoms with van der Waals surface area (Å²) in [6, 6.07) is 0. The molecule has 0 aliphatic rings. The summed E-state index contributed by atoms with van der Waals surface area (Å²) in [5, 5.41) is 3.86. The molecule has 2 aromatic heterocycles. The van der Waals surface area contributed by atoms with E-state index in [0.29, 0.717) is 9.49 Å². The van der Waals surface area contributed by atoms with E-state index in [9.17, 15) is 4.79 Å². The highest BCUT2D eigenvalue weighted by atomic mass is 32.1. The Hall–Kier alpha value is -1.43. The minimum atomic E-state index is -0.0839. The fourth-order valence-corrected chi connectivity index (χ4v) is 2.23. The molecule has 0 saturated heterocycles. The molecule has 2 rings (SSSR count). The molecule has 2 aromatic rings.